The maximum Gasteiger partial charge on any atom is 0.485 e. The highest BCUT2D eigenvalue weighted by Gasteiger charge is 2.42. The number of carbonyl (C=O) groups is 1. The van der Waals surface area contributed by atoms with Gasteiger partial charge in [0.05, 0.1) is 5.52 Å². The average molecular weight is 509 g/mol. The predicted octanol–water partition coefficient (Wildman–Crippen LogP) is 4.72. The molecule has 34 heavy (non-hydrogen) atoms. The molecule has 0 spiro atoms. The first-order chi connectivity index (χ1) is 16.0. The topological polar surface area (TPSA) is 80.4 Å². The average Bonchev–Trinajstić information content (AvgIpc) is 3.16. The Hall–Kier alpha value is -2.76. The number of nitrogens with zero attached hydrogens (tertiary/aromatic N) is 2. The van der Waals surface area contributed by atoms with Crippen molar-refractivity contribution in [3.63, 3.8) is 0 Å². The van der Waals surface area contributed by atoms with Crippen molar-refractivity contribution in [2.24, 2.45) is 5.73 Å². The van der Waals surface area contributed by atoms with E-state index in [2.05, 4.69) is 5.32 Å². The summed E-state index contributed by atoms with van der Waals surface area (Å²) in [4.78, 5) is 11.9. The number of hydrogen-bond acceptors (Lipinski definition) is 3. The molecule has 11 heteroatoms. The molecule has 0 saturated carbocycles. The third kappa shape index (κ3) is 5.01. The summed E-state index contributed by atoms with van der Waals surface area (Å²) in [6.07, 6.45) is 2.78. The Morgan fingerprint density at radius 3 is 2.50 bits per heavy atom. The van der Waals surface area contributed by atoms with Gasteiger partial charge in [0.2, 0.25) is 16.9 Å². The van der Waals surface area contributed by atoms with Crippen LogP contribution in [-0.4, -0.2) is 42.6 Å². The molecule has 1 amide bonds. The molecule has 2 heterocycles. The van der Waals surface area contributed by atoms with Gasteiger partial charge in [-0.1, -0.05) is 36.5 Å². The first-order valence-corrected chi connectivity index (χ1v) is 12.1. The van der Waals surface area contributed by atoms with Gasteiger partial charge in [0.15, 0.2) is 0 Å². The molecule has 1 saturated heterocycles. The number of nitrogens with two attached hydrogens (primary N) is 1. The van der Waals surface area contributed by atoms with Crippen LogP contribution in [0, 0.1) is 0 Å². The zero-order valence-corrected chi connectivity index (χ0v) is 19.9. The molecule has 1 atom stereocenters. The van der Waals surface area contributed by atoms with Crippen LogP contribution in [0.5, 0.6) is 0 Å². The second-order valence-corrected chi connectivity index (χ2v) is 10.1. The highest BCUT2D eigenvalue weighted by molar-refractivity contribution is 7.83. The fraction of sp³-hybridized carbons (Fsp3) is 0.304. The summed E-state index contributed by atoms with van der Waals surface area (Å²) in [7, 11) is -3.01. The summed E-state index contributed by atoms with van der Waals surface area (Å²) in [5.74, 6) is -0.204. The molecule has 1 unspecified atom stereocenters. The van der Waals surface area contributed by atoms with Gasteiger partial charge in [-0.05, 0) is 36.6 Å². The number of benzene rings is 2. The Morgan fingerprint density at radius 1 is 1.18 bits per heavy atom. The van der Waals surface area contributed by atoms with Gasteiger partial charge in [-0.25, -0.2) is 8.51 Å². The number of alkyl halides is 3. The van der Waals surface area contributed by atoms with Crippen LogP contribution in [0.3, 0.4) is 0 Å². The summed E-state index contributed by atoms with van der Waals surface area (Å²) < 4.78 is 53.4. The number of halogens is 3. The van der Waals surface area contributed by atoms with Crippen molar-refractivity contribution in [1.82, 2.24) is 8.87 Å². The molecule has 4 rings (SSSR count). The highest BCUT2D eigenvalue weighted by atomic mass is 32.2. The predicted molar refractivity (Wildman–Crippen MR) is 132 cm³/mol. The first kappa shape index (κ1) is 24.4. The molecule has 2 aromatic carbocycles. The molecule has 180 valence electrons. The lowest BCUT2D eigenvalue weighted by atomic mass is 10.0. The smallest absolute Gasteiger partial charge is 0.389 e. The van der Waals surface area contributed by atoms with Gasteiger partial charge in [-0.2, -0.15) is 13.2 Å². The molecule has 6 nitrogen and oxygen atoms in total. The number of rotatable bonds is 5. The van der Waals surface area contributed by atoms with Crippen LogP contribution >= 0.6 is 12.2 Å². The molecule has 3 N–H and O–H groups in total. The van der Waals surface area contributed by atoms with E-state index >= 15 is 0 Å². The monoisotopic (exact) mass is 508 g/mol. The van der Waals surface area contributed by atoms with Crippen molar-refractivity contribution in [3.05, 3.63) is 54.2 Å². The minimum absolute atomic E-state index is 0.0636. The molecule has 1 fully saturated rings. The Morgan fingerprint density at radius 2 is 1.88 bits per heavy atom. The number of hydrogen-bond donors (Lipinski definition) is 2. The van der Waals surface area contributed by atoms with E-state index in [4.69, 9.17) is 18.0 Å². The number of thiocarbonyl (C=S) groups is 1. The largest absolute Gasteiger partial charge is 0.485 e. The Bertz CT molecular complexity index is 1280. The zero-order valence-electron chi connectivity index (χ0n) is 18.3. The number of fused-ring (bicyclic) bond motifs is 1. The molecule has 1 aromatic heterocycles. The van der Waals surface area contributed by atoms with Crippen molar-refractivity contribution in [2.75, 3.05) is 18.4 Å². The van der Waals surface area contributed by atoms with E-state index in [1.807, 2.05) is 53.2 Å². The van der Waals surface area contributed by atoms with Crippen molar-refractivity contribution >= 4 is 50.7 Å². The molecular weight excluding hydrogens is 485 g/mol. The Labute approximate surface area is 202 Å². The second-order valence-electron chi connectivity index (χ2n) is 8.16. The molecule has 0 aliphatic carbocycles. The van der Waals surface area contributed by atoms with E-state index in [-0.39, 0.29) is 30.0 Å². The van der Waals surface area contributed by atoms with Crippen LogP contribution in [0.2, 0.25) is 0 Å². The molecule has 1 aliphatic rings. The van der Waals surface area contributed by atoms with Crippen LogP contribution in [0.1, 0.15) is 31.4 Å². The Balaban J connectivity index is 1.74. The van der Waals surface area contributed by atoms with Gasteiger partial charge in [0.25, 0.3) is 0 Å². The van der Waals surface area contributed by atoms with Gasteiger partial charge in [0.1, 0.15) is 4.99 Å². The zero-order chi connectivity index (χ0) is 24.6. The van der Waals surface area contributed by atoms with Gasteiger partial charge < -0.3 is 15.6 Å². The summed E-state index contributed by atoms with van der Waals surface area (Å²) >= 11 is 5.11. The van der Waals surface area contributed by atoms with Crippen LogP contribution in [0.15, 0.2) is 48.7 Å². The number of anilines is 1. The third-order valence-corrected chi connectivity index (χ3v) is 7.33. The van der Waals surface area contributed by atoms with Crippen LogP contribution in [0.25, 0.3) is 22.0 Å². The maximum atomic E-state index is 12.9. The second kappa shape index (κ2) is 9.47. The molecule has 0 radical (unpaired) electrons. The molecule has 1 aliphatic heterocycles. The van der Waals surface area contributed by atoms with E-state index in [0.717, 1.165) is 31.9 Å². The first-order valence-electron chi connectivity index (χ1n) is 10.6. The summed E-state index contributed by atoms with van der Waals surface area (Å²) in [6.45, 7) is 1.55. The van der Waals surface area contributed by atoms with Gasteiger partial charge >= 0.3 is 5.51 Å². The normalized spacial score (nSPS) is 16.5. The van der Waals surface area contributed by atoms with Crippen molar-refractivity contribution in [2.45, 2.75) is 31.3 Å². The lowest BCUT2D eigenvalue weighted by Crippen LogP contribution is -2.41. The van der Waals surface area contributed by atoms with E-state index in [1.165, 1.54) is 6.92 Å². The lowest BCUT2D eigenvalue weighted by Gasteiger charge is -2.32. The summed E-state index contributed by atoms with van der Waals surface area (Å²) in [6, 6.07) is 13.0. The van der Waals surface area contributed by atoms with E-state index in [0.29, 0.717) is 18.5 Å². The SMILES string of the molecule is CC(=O)Nc1ccc2c(-c3cccc(C(N)=S)c3)cn(C3CCN(S(=O)C(F)(F)F)CC3)c2c1. The third-order valence-electron chi connectivity index (χ3n) is 5.86. The number of piperidine rings is 1. The fourth-order valence-electron chi connectivity index (χ4n) is 4.34. The number of nitrogens with one attached hydrogen (secondary N) is 1. The fourth-order valence-corrected chi connectivity index (χ4v) is 5.30. The van der Waals surface area contributed by atoms with Gasteiger partial charge in [-0.15, -0.1) is 0 Å². The molecule has 0 bridgehead atoms. The van der Waals surface area contributed by atoms with Gasteiger partial charge in [-0.3, -0.25) is 4.79 Å². The van der Waals surface area contributed by atoms with Crippen LogP contribution in [0.4, 0.5) is 18.9 Å². The van der Waals surface area contributed by atoms with Gasteiger partial charge in [0, 0.05) is 54.5 Å². The van der Waals surface area contributed by atoms with E-state index in [1.54, 1.807) is 0 Å². The summed E-state index contributed by atoms with van der Waals surface area (Å²) in [5.41, 5.74) is 5.06. The molecular formula is C23H23F3N4O2S2. The number of carbonyl (C=O) groups excluding carboxylic acids is 1. The molecule has 3 aromatic rings. The quantitative estimate of drug-likeness (QED) is 0.489. The van der Waals surface area contributed by atoms with Crippen molar-refractivity contribution < 1.29 is 22.2 Å². The highest BCUT2D eigenvalue weighted by Crippen LogP contribution is 2.37. The van der Waals surface area contributed by atoms with Crippen molar-refractivity contribution in [3.8, 4) is 11.1 Å². The minimum Gasteiger partial charge on any atom is -0.389 e. The van der Waals surface area contributed by atoms with Crippen molar-refractivity contribution in [1.29, 1.82) is 0 Å². The van der Waals surface area contributed by atoms with Crippen LogP contribution < -0.4 is 11.1 Å². The maximum absolute atomic E-state index is 12.9. The van der Waals surface area contributed by atoms with E-state index in [9.17, 15) is 22.2 Å². The number of aromatic nitrogens is 1. The van der Waals surface area contributed by atoms with Crippen LogP contribution in [-0.2, 0) is 15.8 Å². The minimum atomic E-state index is -4.76. The number of amides is 1. The standard InChI is InChI=1S/C23H23F3N4O2S2/c1-14(31)28-17-5-6-19-20(15-3-2-4-16(11-15)22(27)33)13-30(21(19)12-17)18-7-9-29(10-8-18)34(32)23(24,25)26/h2-6,11-13,18H,7-10H2,1H3,(H2,27,33)(H,28,31). The summed E-state index contributed by atoms with van der Waals surface area (Å²) in [5, 5.41) is 3.71. The Kier molecular flexibility index (Phi) is 6.79. The van der Waals surface area contributed by atoms with E-state index < -0.39 is 16.5 Å². The lowest BCUT2D eigenvalue weighted by molar-refractivity contribution is -0.114.